The summed E-state index contributed by atoms with van der Waals surface area (Å²) in [4.78, 5) is 4.26. The maximum atomic E-state index is 6.05. The van der Waals surface area contributed by atoms with Crippen molar-refractivity contribution in [3.05, 3.63) is 11.7 Å². The molecule has 1 fully saturated rings. The minimum Gasteiger partial charge on any atom is -0.339 e. The summed E-state index contributed by atoms with van der Waals surface area (Å²) in [5, 5.41) is 3.90. The normalized spacial score (nSPS) is 20.2. The van der Waals surface area contributed by atoms with Gasteiger partial charge in [-0.25, -0.2) is 0 Å². The summed E-state index contributed by atoms with van der Waals surface area (Å²) in [6.45, 7) is 1.91. The summed E-state index contributed by atoms with van der Waals surface area (Å²) >= 11 is 0. The van der Waals surface area contributed by atoms with E-state index in [9.17, 15) is 0 Å². The molecule has 0 radical (unpaired) electrons. The first-order valence-electron chi connectivity index (χ1n) is 4.98. The van der Waals surface area contributed by atoms with Gasteiger partial charge in [0, 0.05) is 12.5 Å². The highest BCUT2D eigenvalue weighted by atomic mass is 35.5. The molecule has 4 N–H and O–H groups in total. The van der Waals surface area contributed by atoms with Crippen LogP contribution in [0.2, 0.25) is 0 Å². The second-order valence-electron chi connectivity index (χ2n) is 4.20. The lowest BCUT2D eigenvalue weighted by atomic mass is 9.77. The lowest BCUT2D eigenvalue weighted by molar-refractivity contribution is 0.229. The molecule has 6 heteroatoms. The topological polar surface area (TPSA) is 91.0 Å². The van der Waals surface area contributed by atoms with E-state index >= 15 is 0 Å². The second-order valence-corrected chi connectivity index (χ2v) is 4.20. The van der Waals surface area contributed by atoms with Crippen molar-refractivity contribution in [3.63, 3.8) is 0 Å². The first-order valence-corrected chi connectivity index (χ1v) is 4.98. The fourth-order valence-corrected chi connectivity index (χ4v) is 1.60. The number of hydrogen-bond acceptors (Lipinski definition) is 5. The summed E-state index contributed by atoms with van der Waals surface area (Å²) in [6, 6.07) is 0.0402. The second kappa shape index (κ2) is 4.47. The van der Waals surface area contributed by atoms with Gasteiger partial charge in [0.25, 0.3) is 0 Å². The number of nitrogens with zero attached hydrogens (tertiary/aromatic N) is 2. The van der Waals surface area contributed by atoms with Gasteiger partial charge in [0.2, 0.25) is 5.89 Å². The highest BCUT2D eigenvalue weighted by Gasteiger charge is 2.38. The standard InChI is InChI=1S/C9H16N4O.ClH/c1-6(10)5-7-12-8(13-14-7)9(11)3-2-4-9;/h6H,2-5,10-11H2,1H3;1H. The third-order valence-corrected chi connectivity index (χ3v) is 2.66. The zero-order valence-corrected chi connectivity index (χ0v) is 9.59. The Bertz CT molecular complexity index is 322. The minimum absolute atomic E-state index is 0. The van der Waals surface area contributed by atoms with Gasteiger partial charge >= 0.3 is 0 Å². The summed E-state index contributed by atoms with van der Waals surface area (Å²) in [5.41, 5.74) is 11.3. The van der Waals surface area contributed by atoms with E-state index in [4.69, 9.17) is 16.0 Å². The lowest BCUT2D eigenvalue weighted by Gasteiger charge is -2.34. The summed E-state index contributed by atoms with van der Waals surface area (Å²) in [6.07, 6.45) is 3.66. The summed E-state index contributed by atoms with van der Waals surface area (Å²) in [5.74, 6) is 1.23. The van der Waals surface area contributed by atoms with E-state index in [1.54, 1.807) is 0 Å². The molecule has 1 heterocycles. The third kappa shape index (κ3) is 2.48. The van der Waals surface area contributed by atoms with Crippen LogP contribution in [0.25, 0.3) is 0 Å². The van der Waals surface area contributed by atoms with E-state index in [1.165, 1.54) is 0 Å². The van der Waals surface area contributed by atoms with Gasteiger partial charge in [0.1, 0.15) is 0 Å². The molecule has 1 atom stereocenters. The molecule has 1 saturated carbocycles. The maximum absolute atomic E-state index is 6.05. The smallest absolute Gasteiger partial charge is 0.228 e. The molecule has 1 aliphatic rings. The molecular weight excluding hydrogens is 216 g/mol. The van der Waals surface area contributed by atoms with Crippen LogP contribution in [0.5, 0.6) is 0 Å². The van der Waals surface area contributed by atoms with Gasteiger partial charge in [0.05, 0.1) is 5.54 Å². The van der Waals surface area contributed by atoms with Crippen molar-refractivity contribution in [2.75, 3.05) is 0 Å². The Morgan fingerprint density at radius 1 is 1.53 bits per heavy atom. The molecule has 1 unspecified atom stereocenters. The van der Waals surface area contributed by atoms with Crippen LogP contribution in [0.3, 0.4) is 0 Å². The van der Waals surface area contributed by atoms with Crippen molar-refractivity contribution in [2.45, 2.75) is 44.2 Å². The Kier molecular flexibility index (Phi) is 3.70. The van der Waals surface area contributed by atoms with Crippen LogP contribution in [-0.2, 0) is 12.0 Å². The number of aromatic nitrogens is 2. The molecule has 0 amide bonds. The predicted molar refractivity (Wildman–Crippen MR) is 58.6 cm³/mol. The van der Waals surface area contributed by atoms with Gasteiger partial charge in [-0.3, -0.25) is 0 Å². The highest BCUT2D eigenvalue weighted by Crippen LogP contribution is 2.36. The monoisotopic (exact) mass is 232 g/mol. The van der Waals surface area contributed by atoms with Crippen molar-refractivity contribution in [3.8, 4) is 0 Å². The molecule has 0 spiro atoms. The largest absolute Gasteiger partial charge is 0.339 e. The van der Waals surface area contributed by atoms with Crippen molar-refractivity contribution >= 4 is 12.4 Å². The fourth-order valence-electron chi connectivity index (χ4n) is 1.60. The minimum atomic E-state index is -0.334. The van der Waals surface area contributed by atoms with E-state index in [1.807, 2.05) is 6.92 Å². The van der Waals surface area contributed by atoms with Gasteiger partial charge in [0.15, 0.2) is 5.82 Å². The Hall–Kier alpha value is -0.650. The van der Waals surface area contributed by atoms with Crippen LogP contribution >= 0.6 is 12.4 Å². The molecular formula is C9H17ClN4O. The Balaban J connectivity index is 0.00000112. The van der Waals surface area contributed by atoms with E-state index in [0.29, 0.717) is 18.1 Å². The van der Waals surface area contributed by atoms with Gasteiger partial charge < -0.3 is 16.0 Å². The van der Waals surface area contributed by atoms with Crippen molar-refractivity contribution in [1.29, 1.82) is 0 Å². The van der Waals surface area contributed by atoms with Crippen LogP contribution in [0.1, 0.15) is 37.9 Å². The van der Waals surface area contributed by atoms with Gasteiger partial charge in [-0.1, -0.05) is 5.16 Å². The lowest BCUT2D eigenvalue weighted by Crippen LogP contribution is -2.44. The molecule has 1 aromatic rings. The molecule has 0 saturated heterocycles. The van der Waals surface area contributed by atoms with Gasteiger partial charge in [-0.15, -0.1) is 12.4 Å². The quantitative estimate of drug-likeness (QED) is 0.801. The molecule has 1 aromatic heterocycles. The predicted octanol–water partition coefficient (Wildman–Crippen LogP) is 0.719. The summed E-state index contributed by atoms with van der Waals surface area (Å²) < 4.78 is 5.08. The number of halogens is 1. The molecule has 0 aliphatic heterocycles. The molecule has 1 aliphatic carbocycles. The van der Waals surface area contributed by atoms with Crippen LogP contribution in [0.4, 0.5) is 0 Å². The molecule has 15 heavy (non-hydrogen) atoms. The van der Waals surface area contributed by atoms with Crippen molar-refractivity contribution in [1.82, 2.24) is 10.1 Å². The zero-order valence-electron chi connectivity index (χ0n) is 8.77. The first kappa shape index (κ1) is 12.4. The van der Waals surface area contributed by atoms with Gasteiger partial charge in [-0.05, 0) is 26.2 Å². The third-order valence-electron chi connectivity index (χ3n) is 2.66. The number of rotatable bonds is 3. The van der Waals surface area contributed by atoms with Crippen LogP contribution in [0.15, 0.2) is 4.52 Å². The van der Waals surface area contributed by atoms with Gasteiger partial charge in [-0.2, -0.15) is 4.98 Å². The Labute approximate surface area is 95.0 Å². The van der Waals surface area contributed by atoms with E-state index < -0.39 is 0 Å². The van der Waals surface area contributed by atoms with Crippen LogP contribution < -0.4 is 11.5 Å². The molecule has 5 nitrogen and oxygen atoms in total. The number of nitrogens with two attached hydrogens (primary N) is 2. The van der Waals surface area contributed by atoms with E-state index in [-0.39, 0.29) is 24.0 Å². The maximum Gasteiger partial charge on any atom is 0.228 e. The van der Waals surface area contributed by atoms with Crippen LogP contribution in [0, 0.1) is 0 Å². The molecule has 86 valence electrons. The Morgan fingerprint density at radius 2 is 2.20 bits per heavy atom. The molecule has 0 bridgehead atoms. The SMILES string of the molecule is CC(N)Cc1nc(C2(N)CCC2)no1.Cl. The number of hydrogen-bond donors (Lipinski definition) is 2. The average Bonchev–Trinajstić information content (AvgIpc) is 2.47. The van der Waals surface area contributed by atoms with E-state index in [0.717, 1.165) is 19.3 Å². The average molecular weight is 233 g/mol. The molecule has 2 rings (SSSR count). The Morgan fingerprint density at radius 3 is 2.67 bits per heavy atom. The zero-order chi connectivity index (χ0) is 10.2. The summed E-state index contributed by atoms with van der Waals surface area (Å²) in [7, 11) is 0. The van der Waals surface area contributed by atoms with Crippen LogP contribution in [-0.4, -0.2) is 16.2 Å². The van der Waals surface area contributed by atoms with Crippen molar-refractivity contribution < 1.29 is 4.52 Å². The first-order chi connectivity index (χ1) is 6.60. The van der Waals surface area contributed by atoms with Crippen molar-refractivity contribution in [2.24, 2.45) is 11.5 Å². The molecule has 0 aromatic carbocycles. The fraction of sp³-hybridized carbons (Fsp3) is 0.778. The highest BCUT2D eigenvalue weighted by molar-refractivity contribution is 5.85. The van der Waals surface area contributed by atoms with E-state index in [2.05, 4.69) is 10.1 Å².